The Balaban J connectivity index is 1.91. The Morgan fingerprint density at radius 3 is 2.55 bits per heavy atom. The van der Waals surface area contributed by atoms with Crippen molar-refractivity contribution in [1.82, 2.24) is 10.6 Å². The normalized spacial score (nSPS) is 20.1. The minimum absolute atomic E-state index is 0.00216. The van der Waals surface area contributed by atoms with Crippen molar-refractivity contribution in [3.05, 3.63) is 35.4 Å². The lowest BCUT2D eigenvalue weighted by Crippen LogP contribution is -2.41. The highest BCUT2D eigenvalue weighted by atomic mass is 16.2. The topological polar surface area (TPSA) is 41.1 Å². The fourth-order valence-electron chi connectivity index (χ4n) is 2.72. The Labute approximate surface area is 122 Å². The van der Waals surface area contributed by atoms with E-state index in [1.807, 2.05) is 6.92 Å². The Kier molecular flexibility index (Phi) is 5.18. The van der Waals surface area contributed by atoms with Crippen molar-refractivity contribution in [3.8, 4) is 0 Å². The van der Waals surface area contributed by atoms with Gasteiger partial charge < -0.3 is 10.6 Å². The molecule has 20 heavy (non-hydrogen) atoms. The summed E-state index contributed by atoms with van der Waals surface area (Å²) in [5, 5.41) is 6.33. The van der Waals surface area contributed by atoms with E-state index >= 15 is 0 Å². The number of hydrogen-bond donors (Lipinski definition) is 2. The summed E-state index contributed by atoms with van der Waals surface area (Å²) in [7, 11) is 0. The lowest BCUT2D eigenvalue weighted by Gasteiger charge is -2.18. The molecule has 1 aliphatic rings. The van der Waals surface area contributed by atoms with Crippen molar-refractivity contribution in [2.45, 2.75) is 52.1 Å². The predicted molar refractivity (Wildman–Crippen MR) is 82.6 cm³/mol. The molecule has 2 N–H and O–H groups in total. The van der Waals surface area contributed by atoms with E-state index in [1.54, 1.807) is 0 Å². The maximum absolute atomic E-state index is 12.1. The molecule has 2 atom stereocenters. The van der Waals surface area contributed by atoms with Gasteiger partial charge in [-0.15, -0.1) is 0 Å². The minimum Gasteiger partial charge on any atom is -0.348 e. The average Bonchev–Trinajstić information content (AvgIpc) is 2.92. The molecule has 1 saturated heterocycles. The second-order valence-corrected chi connectivity index (χ2v) is 6.22. The van der Waals surface area contributed by atoms with Crippen LogP contribution in [0.2, 0.25) is 0 Å². The van der Waals surface area contributed by atoms with Crippen molar-refractivity contribution >= 4 is 5.91 Å². The zero-order valence-corrected chi connectivity index (χ0v) is 12.8. The third-order valence-corrected chi connectivity index (χ3v) is 3.86. The summed E-state index contributed by atoms with van der Waals surface area (Å²) in [6.07, 6.45) is 3.15. The Morgan fingerprint density at radius 2 is 2.00 bits per heavy atom. The molecule has 0 spiro atoms. The summed E-state index contributed by atoms with van der Waals surface area (Å²) in [6, 6.07) is 8.67. The van der Waals surface area contributed by atoms with Gasteiger partial charge in [0.05, 0.1) is 12.1 Å². The van der Waals surface area contributed by atoms with Crippen molar-refractivity contribution < 1.29 is 4.79 Å². The van der Waals surface area contributed by atoms with E-state index in [0.29, 0.717) is 5.92 Å². The Hall–Kier alpha value is -1.35. The lowest BCUT2D eigenvalue weighted by atomic mass is 10.00. The second-order valence-electron chi connectivity index (χ2n) is 6.22. The van der Waals surface area contributed by atoms with Crippen molar-refractivity contribution in [1.29, 1.82) is 0 Å². The monoisotopic (exact) mass is 274 g/mol. The number of carbonyl (C=O) groups excluding carboxylic acids is 1. The van der Waals surface area contributed by atoms with Gasteiger partial charge in [-0.05, 0) is 49.8 Å². The second kappa shape index (κ2) is 6.89. The summed E-state index contributed by atoms with van der Waals surface area (Å²) >= 11 is 0. The summed E-state index contributed by atoms with van der Waals surface area (Å²) in [5.74, 6) is 0.799. The van der Waals surface area contributed by atoms with Gasteiger partial charge in [0, 0.05) is 0 Å². The zero-order valence-electron chi connectivity index (χ0n) is 12.8. The summed E-state index contributed by atoms with van der Waals surface area (Å²) < 4.78 is 0. The van der Waals surface area contributed by atoms with Gasteiger partial charge in [0.1, 0.15) is 0 Å². The Bertz CT molecular complexity index is 433. The number of benzene rings is 1. The van der Waals surface area contributed by atoms with Gasteiger partial charge in [-0.3, -0.25) is 4.79 Å². The van der Waals surface area contributed by atoms with Crippen LogP contribution >= 0.6 is 0 Å². The quantitative estimate of drug-likeness (QED) is 0.867. The molecule has 1 unspecified atom stereocenters. The van der Waals surface area contributed by atoms with E-state index in [4.69, 9.17) is 0 Å². The summed E-state index contributed by atoms with van der Waals surface area (Å²) in [5.41, 5.74) is 2.53. The van der Waals surface area contributed by atoms with Crippen molar-refractivity contribution in [3.63, 3.8) is 0 Å². The van der Waals surface area contributed by atoms with Crippen molar-refractivity contribution in [2.75, 3.05) is 6.54 Å². The van der Waals surface area contributed by atoms with Crippen LogP contribution in [0.4, 0.5) is 0 Å². The number of hydrogen-bond acceptors (Lipinski definition) is 2. The molecule has 1 fully saturated rings. The van der Waals surface area contributed by atoms with Crippen LogP contribution in [0, 0.1) is 5.92 Å². The number of amides is 1. The first-order valence-corrected chi connectivity index (χ1v) is 7.69. The molecule has 1 aromatic rings. The molecule has 0 radical (unpaired) electrons. The van der Waals surface area contributed by atoms with Gasteiger partial charge in [-0.25, -0.2) is 0 Å². The molecular weight excluding hydrogens is 248 g/mol. The van der Waals surface area contributed by atoms with E-state index in [-0.39, 0.29) is 18.0 Å². The molecule has 0 bridgehead atoms. The first kappa shape index (κ1) is 15.0. The molecule has 2 rings (SSSR count). The smallest absolute Gasteiger partial charge is 0.237 e. The molecule has 1 heterocycles. The van der Waals surface area contributed by atoms with Gasteiger partial charge in [0.15, 0.2) is 0 Å². The molecule has 0 aromatic heterocycles. The van der Waals surface area contributed by atoms with E-state index in [9.17, 15) is 4.79 Å². The minimum atomic E-state index is -0.00216. The van der Waals surface area contributed by atoms with Crippen LogP contribution in [0.25, 0.3) is 0 Å². The van der Waals surface area contributed by atoms with E-state index in [2.05, 4.69) is 48.7 Å². The molecule has 0 saturated carbocycles. The van der Waals surface area contributed by atoms with Gasteiger partial charge in [0.25, 0.3) is 0 Å². The predicted octanol–water partition coefficient (Wildman–Crippen LogP) is 2.81. The number of rotatable bonds is 5. The first-order chi connectivity index (χ1) is 9.56. The van der Waals surface area contributed by atoms with Crippen LogP contribution in [-0.2, 0) is 11.2 Å². The SMILES string of the molecule is CC(C)Cc1ccc(C(C)NC(=O)[C@@H]2CCCN2)cc1. The maximum atomic E-state index is 12.1. The third-order valence-electron chi connectivity index (χ3n) is 3.86. The zero-order chi connectivity index (χ0) is 14.5. The molecule has 3 nitrogen and oxygen atoms in total. The molecular formula is C17H26N2O. The number of carbonyl (C=O) groups is 1. The highest BCUT2D eigenvalue weighted by Gasteiger charge is 2.23. The van der Waals surface area contributed by atoms with Crippen LogP contribution in [0.3, 0.4) is 0 Å². The van der Waals surface area contributed by atoms with Crippen molar-refractivity contribution in [2.24, 2.45) is 5.92 Å². The molecule has 0 aliphatic carbocycles. The first-order valence-electron chi connectivity index (χ1n) is 7.69. The van der Waals surface area contributed by atoms with Gasteiger partial charge >= 0.3 is 0 Å². The van der Waals surface area contributed by atoms with Crippen LogP contribution in [-0.4, -0.2) is 18.5 Å². The highest BCUT2D eigenvalue weighted by Crippen LogP contribution is 2.16. The maximum Gasteiger partial charge on any atom is 0.237 e. The van der Waals surface area contributed by atoms with Gasteiger partial charge in [-0.1, -0.05) is 38.1 Å². The van der Waals surface area contributed by atoms with E-state index in [1.165, 1.54) is 11.1 Å². The molecule has 1 amide bonds. The fourth-order valence-corrected chi connectivity index (χ4v) is 2.72. The van der Waals surface area contributed by atoms with Crippen LogP contribution < -0.4 is 10.6 Å². The summed E-state index contributed by atoms with van der Waals surface area (Å²) in [6.45, 7) is 7.46. The lowest BCUT2D eigenvalue weighted by molar-refractivity contribution is -0.123. The Morgan fingerprint density at radius 1 is 1.30 bits per heavy atom. The largest absolute Gasteiger partial charge is 0.348 e. The van der Waals surface area contributed by atoms with Crippen LogP contribution in [0.1, 0.15) is 50.8 Å². The summed E-state index contributed by atoms with van der Waals surface area (Å²) in [4.78, 5) is 12.1. The number of nitrogens with one attached hydrogen (secondary N) is 2. The highest BCUT2D eigenvalue weighted by molar-refractivity contribution is 5.82. The molecule has 1 aromatic carbocycles. The van der Waals surface area contributed by atoms with E-state index in [0.717, 1.165) is 25.8 Å². The molecule has 110 valence electrons. The van der Waals surface area contributed by atoms with E-state index < -0.39 is 0 Å². The fraction of sp³-hybridized carbons (Fsp3) is 0.588. The van der Waals surface area contributed by atoms with Gasteiger partial charge in [0.2, 0.25) is 5.91 Å². The van der Waals surface area contributed by atoms with Crippen LogP contribution in [0.15, 0.2) is 24.3 Å². The third kappa shape index (κ3) is 4.07. The average molecular weight is 274 g/mol. The molecule has 3 heteroatoms. The standard InChI is InChI=1S/C17H26N2O/c1-12(2)11-14-6-8-15(9-7-14)13(3)19-17(20)16-5-4-10-18-16/h6-9,12-13,16,18H,4-5,10-11H2,1-3H3,(H,19,20)/t13?,16-/m0/s1. The van der Waals surface area contributed by atoms with Crippen LogP contribution in [0.5, 0.6) is 0 Å². The molecule has 1 aliphatic heterocycles. The van der Waals surface area contributed by atoms with Gasteiger partial charge in [-0.2, -0.15) is 0 Å².